The van der Waals surface area contributed by atoms with Crippen LogP contribution in [0.5, 0.6) is 0 Å². The SMILES string of the molecule is C[C@@H]1C[C@@H]1NC(=O)N1CCO[C@@H](c2ccc(F)c(F)c2)C1. The number of ether oxygens (including phenoxy) is 1. The average Bonchev–Trinajstić information content (AvgIpc) is 3.17. The monoisotopic (exact) mass is 296 g/mol. The molecule has 114 valence electrons. The van der Waals surface area contributed by atoms with Crippen LogP contribution in [0, 0.1) is 17.6 Å². The smallest absolute Gasteiger partial charge is 0.317 e. The highest BCUT2D eigenvalue weighted by Gasteiger charge is 2.36. The fourth-order valence-electron chi connectivity index (χ4n) is 2.52. The van der Waals surface area contributed by atoms with Crippen LogP contribution in [0.4, 0.5) is 13.6 Å². The molecule has 4 nitrogen and oxygen atoms in total. The van der Waals surface area contributed by atoms with Gasteiger partial charge in [-0.1, -0.05) is 13.0 Å². The minimum atomic E-state index is -0.899. The quantitative estimate of drug-likeness (QED) is 0.911. The summed E-state index contributed by atoms with van der Waals surface area (Å²) in [7, 11) is 0. The number of carbonyl (C=O) groups is 1. The maximum absolute atomic E-state index is 13.3. The van der Waals surface area contributed by atoms with Crippen molar-refractivity contribution in [1.82, 2.24) is 10.2 Å². The fraction of sp³-hybridized carbons (Fsp3) is 0.533. The lowest BCUT2D eigenvalue weighted by atomic mass is 10.1. The van der Waals surface area contributed by atoms with Gasteiger partial charge in [0.1, 0.15) is 6.10 Å². The molecule has 2 aliphatic rings. The first-order valence-corrected chi connectivity index (χ1v) is 7.16. The zero-order chi connectivity index (χ0) is 15.0. The van der Waals surface area contributed by atoms with E-state index in [1.54, 1.807) is 4.90 Å². The van der Waals surface area contributed by atoms with Crippen LogP contribution in [-0.2, 0) is 4.74 Å². The first-order valence-electron chi connectivity index (χ1n) is 7.16. The maximum atomic E-state index is 13.3. The van der Waals surface area contributed by atoms with Crippen molar-refractivity contribution in [1.29, 1.82) is 0 Å². The van der Waals surface area contributed by atoms with E-state index in [9.17, 15) is 13.6 Å². The molecule has 1 aliphatic heterocycles. The largest absolute Gasteiger partial charge is 0.370 e. The van der Waals surface area contributed by atoms with Gasteiger partial charge in [-0.3, -0.25) is 0 Å². The van der Waals surface area contributed by atoms with Crippen LogP contribution in [0.15, 0.2) is 18.2 Å². The lowest BCUT2D eigenvalue weighted by molar-refractivity contribution is -0.0156. The number of urea groups is 1. The third kappa shape index (κ3) is 3.15. The fourth-order valence-corrected chi connectivity index (χ4v) is 2.52. The Bertz CT molecular complexity index is 552. The Morgan fingerprint density at radius 1 is 1.38 bits per heavy atom. The summed E-state index contributed by atoms with van der Waals surface area (Å²) in [6.45, 7) is 3.33. The van der Waals surface area contributed by atoms with Gasteiger partial charge in [-0.2, -0.15) is 0 Å². The van der Waals surface area contributed by atoms with Crippen LogP contribution in [0.1, 0.15) is 25.0 Å². The molecule has 0 aromatic heterocycles. The zero-order valence-electron chi connectivity index (χ0n) is 11.8. The molecule has 0 unspecified atom stereocenters. The van der Waals surface area contributed by atoms with Crippen molar-refractivity contribution in [2.45, 2.75) is 25.5 Å². The minimum absolute atomic E-state index is 0.111. The molecule has 1 aromatic carbocycles. The van der Waals surface area contributed by atoms with Crippen LogP contribution in [0.2, 0.25) is 0 Å². The molecular formula is C15H18F2N2O2. The Balaban J connectivity index is 1.64. The predicted octanol–water partition coefficient (Wildman–Crippen LogP) is 2.46. The van der Waals surface area contributed by atoms with Crippen LogP contribution in [0.3, 0.4) is 0 Å². The van der Waals surface area contributed by atoms with Crippen molar-refractivity contribution in [2.75, 3.05) is 19.7 Å². The molecule has 0 bridgehead atoms. The average molecular weight is 296 g/mol. The third-order valence-corrected chi connectivity index (χ3v) is 4.09. The van der Waals surface area contributed by atoms with Gasteiger partial charge in [0, 0.05) is 12.6 Å². The highest BCUT2D eigenvalue weighted by molar-refractivity contribution is 5.75. The molecule has 21 heavy (non-hydrogen) atoms. The zero-order valence-corrected chi connectivity index (χ0v) is 11.8. The summed E-state index contributed by atoms with van der Waals surface area (Å²) in [5, 5.41) is 2.96. The van der Waals surface area contributed by atoms with Crippen LogP contribution >= 0.6 is 0 Å². The number of nitrogens with zero attached hydrogens (tertiary/aromatic N) is 1. The molecule has 1 heterocycles. The summed E-state index contributed by atoms with van der Waals surface area (Å²) in [5.41, 5.74) is 0.547. The number of rotatable bonds is 2. The molecule has 6 heteroatoms. The Kier molecular flexibility index (Phi) is 3.80. The number of morpholine rings is 1. The van der Waals surface area contributed by atoms with E-state index in [0.29, 0.717) is 31.2 Å². The molecule has 1 aliphatic carbocycles. The summed E-state index contributed by atoms with van der Waals surface area (Å²) in [6, 6.07) is 3.86. The van der Waals surface area contributed by atoms with Crippen molar-refractivity contribution in [2.24, 2.45) is 5.92 Å². The Morgan fingerprint density at radius 2 is 2.14 bits per heavy atom. The van der Waals surface area contributed by atoms with Gasteiger partial charge in [-0.25, -0.2) is 13.6 Å². The Labute approximate surface area is 122 Å². The minimum Gasteiger partial charge on any atom is -0.370 e. The summed E-state index contributed by atoms with van der Waals surface area (Å²) in [5.74, 6) is -1.24. The summed E-state index contributed by atoms with van der Waals surface area (Å²) < 4.78 is 31.8. The standard InChI is InChI=1S/C15H18F2N2O2/c1-9-6-13(9)18-15(20)19-4-5-21-14(8-19)10-2-3-11(16)12(17)7-10/h2-3,7,9,13-14H,4-6,8H2,1H3,(H,18,20)/t9-,13+,14-/m1/s1. The number of halogens is 2. The Hall–Kier alpha value is -1.69. The number of benzene rings is 1. The van der Waals surface area contributed by atoms with Crippen LogP contribution in [0.25, 0.3) is 0 Å². The first-order chi connectivity index (χ1) is 10.0. The molecule has 0 radical (unpaired) electrons. The van der Waals surface area contributed by atoms with Crippen molar-refractivity contribution >= 4 is 6.03 Å². The van der Waals surface area contributed by atoms with Crippen LogP contribution in [-0.4, -0.2) is 36.7 Å². The van der Waals surface area contributed by atoms with E-state index in [2.05, 4.69) is 12.2 Å². The van der Waals surface area contributed by atoms with E-state index in [-0.39, 0.29) is 12.1 Å². The van der Waals surface area contributed by atoms with Gasteiger partial charge in [0.25, 0.3) is 0 Å². The Morgan fingerprint density at radius 3 is 2.81 bits per heavy atom. The van der Waals surface area contributed by atoms with Crippen molar-refractivity contribution < 1.29 is 18.3 Å². The van der Waals surface area contributed by atoms with Crippen molar-refractivity contribution in [3.8, 4) is 0 Å². The molecule has 3 rings (SSSR count). The molecule has 1 N–H and O–H groups in total. The van der Waals surface area contributed by atoms with Gasteiger partial charge in [0.2, 0.25) is 0 Å². The number of nitrogens with one attached hydrogen (secondary N) is 1. The highest BCUT2D eigenvalue weighted by atomic mass is 19.2. The van der Waals surface area contributed by atoms with E-state index in [1.165, 1.54) is 6.07 Å². The number of hydrogen-bond donors (Lipinski definition) is 1. The van der Waals surface area contributed by atoms with Gasteiger partial charge in [0.15, 0.2) is 11.6 Å². The summed E-state index contributed by atoms with van der Waals surface area (Å²) in [6.07, 6.45) is 0.596. The van der Waals surface area contributed by atoms with Gasteiger partial charge in [-0.05, 0) is 30.0 Å². The highest BCUT2D eigenvalue weighted by Crippen LogP contribution is 2.30. The second-order valence-electron chi connectivity index (χ2n) is 5.75. The van der Waals surface area contributed by atoms with Gasteiger partial charge < -0.3 is 15.0 Å². The van der Waals surface area contributed by atoms with Crippen molar-refractivity contribution in [3.05, 3.63) is 35.4 Å². The van der Waals surface area contributed by atoms with Gasteiger partial charge >= 0.3 is 6.03 Å². The number of amides is 2. The molecular weight excluding hydrogens is 278 g/mol. The van der Waals surface area contributed by atoms with E-state index in [1.807, 2.05) is 0 Å². The molecule has 1 saturated carbocycles. The summed E-state index contributed by atoms with van der Waals surface area (Å²) >= 11 is 0. The van der Waals surface area contributed by atoms with E-state index in [4.69, 9.17) is 4.74 Å². The molecule has 3 atom stereocenters. The van der Waals surface area contributed by atoms with E-state index >= 15 is 0 Å². The molecule has 2 amide bonds. The second-order valence-corrected chi connectivity index (χ2v) is 5.75. The van der Waals surface area contributed by atoms with E-state index in [0.717, 1.165) is 18.6 Å². The second kappa shape index (κ2) is 5.60. The van der Waals surface area contributed by atoms with Crippen molar-refractivity contribution in [3.63, 3.8) is 0 Å². The number of carbonyl (C=O) groups excluding carboxylic acids is 1. The lowest BCUT2D eigenvalue weighted by Crippen LogP contribution is -2.48. The van der Waals surface area contributed by atoms with Crippen LogP contribution < -0.4 is 5.32 Å². The summed E-state index contributed by atoms with van der Waals surface area (Å²) in [4.78, 5) is 13.8. The molecule has 0 spiro atoms. The van der Waals surface area contributed by atoms with Gasteiger partial charge in [0.05, 0.1) is 13.2 Å². The predicted molar refractivity (Wildman–Crippen MR) is 72.7 cm³/mol. The van der Waals surface area contributed by atoms with Gasteiger partial charge in [-0.15, -0.1) is 0 Å². The maximum Gasteiger partial charge on any atom is 0.317 e. The first kappa shape index (κ1) is 14.3. The molecule has 2 fully saturated rings. The number of hydrogen-bond acceptors (Lipinski definition) is 2. The molecule has 1 saturated heterocycles. The third-order valence-electron chi connectivity index (χ3n) is 4.09. The normalized spacial score (nSPS) is 28.3. The van der Waals surface area contributed by atoms with E-state index < -0.39 is 17.7 Å². The topological polar surface area (TPSA) is 41.6 Å². The lowest BCUT2D eigenvalue weighted by Gasteiger charge is -2.33. The molecule has 1 aromatic rings.